The Bertz CT molecular complexity index is 746. The highest BCUT2D eigenvalue weighted by molar-refractivity contribution is 7.09. The fourth-order valence-electron chi connectivity index (χ4n) is 1.96. The van der Waals surface area contributed by atoms with E-state index < -0.39 is 0 Å². The van der Waals surface area contributed by atoms with E-state index in [1.807, 2.05) is 18.2 Å². The van der Waals surface area contributed by atoms with E-state index in [4.69, 9.17) is 5.73 Å². The zero-order valence-corrected chi connectivity index (χ0v) is 10.9. The van der Waals surface area contributed by atoms with Crippen LogP contribution in [0.15, 0.2) is 42.0 Å². The van der Waals surface area contributed by atoms with Gasteiger partial charge in [-0.05, 0) is 11.5 Å². The summed E-state index contributed by atoms with van der Waals surface area (Å²) in [5.74, 6) is -0.0884. The van der Waals surface area contributed by atoms with Gasteiger partial charge in [-0.1, -0.05) is 18.2 Å². The van der Waals surface area contributed by atoms with Gasteiger partial charge in [0.25, 0.3) is 0 Å². The zero-order chi connectivity index (χ0) is 13.2. The van der Waals surface area contributed by atoms with Crippen molar-refractivity contribution in [1.29, 1.82) is 0 Å². The Hall–Kier alpha value is -2.11. The minimum atomic E-state index is -0.0884. The molecule has 19 heavy (non-hydrogen) atoms. The lowest BCUT2D eigenvalue weighted by atomic mass is 10.0. The smallest absolute Gasteiger partial charge is 0.212 e. The molecule has 0 amide bonds. The molecule has 0 aliphatic rings. The van der Waals surface area contributed by atoms with Crippen molar-refractivity contribution in [2.45, 2.75) is 6.54 Å². The number of pyridine rings is 1. The second-order valence-electron chi connectivity index (χ2n) is 4.06. The van der Waals surface area contributed by atoms with Crippen LogP contribution in [0.4, 0.5) is 0 Å². The van der Waals surface area contributed by atoms with E-state index in [1.54, 1.807) is 23.8 Å². The van der Waals surface area contributed by atoms with E-state index in [0.29, 0.717) is 17.8 Å². The first-order valence-electron chi connectivity index (χ1n) is 5.81. The van der Waals surface area contributed by atoms with Crippen molar-refractivity contribution in [1.82, 2.24) is 9.97 Å². The van der Waals surface area contributed by atoms with E-state index in [-0.39, 0.29) is 5.78 Å². The third kappa shape index (κ3) is 2.14. The standard InChI is InChI=1S/C14H11N3OS/c15-6-13-17-12(8-19-13)14(18)10-3-1-2-9-4-5-16-7-11(9)10/h1-5,7-8H,6,15H2. The Morgan fingerprint density at radius 3 is 3.00 bits per heavy atom. The fourth-order valence-corrected chi connectivity index (χ4v) is 2.61. The molecular weight excluding hydrogens is 258 g/mol. The molecule has 0 atom stereocenters. The van der Waals surface area contributed by atoms with Gasteiger partial charge in [0.1, 0.15) is 10.7 Å². The molecule has 3 aromatic rings. The number of nitrogens with two attached hydrogens (primary N) is 1. The second-order valence-corrected chi connectivity index (χ2v) is 5.00. The van der Waals surface area contributed by atoms with Crippen molar-refractivity contribution in [3.63, 3.8) is 0 Å². The van der Waals surface area contributed by atoms with Gasteiger partial charge in [-0.25, -0.2) is 4.98 Å². The summed E-state index contributed by atoms with van der Waals surface area (Å²) in [6.45, 7) is 0.356. The average Bonchev–Trinajstić information content (AvgIpc) is 2.95. The van der Waals surface area contributed by atoms with Crippen molar-refractivity contribution < 1.29 is 4.79 Å². The van der Waals surface area contributed by atoms with Gasteiger partial charge in [-0.15, -0.1) is 11.3 Å². The average molecular weight is 269 g/mol. The van der Waals surface area contributed by atoms with E-state index in [2.05, 4.69) is 9.97 Å². The highest BCUT2D eigenvalue weighted by Gasteiger charge is 2.15. The molecule has 94 valence electrons. The summed E-state index contributed by atoms with van der Waals surface area (Å²) < 4.78 is 0. The summed E-state index contributed by atoms with van der Waals surface area (Å²) in [7, 11) is 0. The molecule has 0 radical (unpaired) electrons. The zero-order valence-electron chi connectivity index (χ0n) is 10.0. The topological polar surface area (TPSA) is 68.9 Å². The first kappa shape index (κ1) is 12.0. The monoisotopic (exact) mass is 269 g/mol. The number of hydrogen-bond donors (Lipinski definition) is 1. The number of hydrogen-bond acceptors (Lipinski definition) is 5. The van der Waals surface area contributed by atoms with Crippen LogP contribution >= 0.6 is 11.3 Å². The van der Waals surface area contributed by atoms with Gasteiger partial charge in [-0.2, -0.15) is 0 Å². The molecule has 0 saturated heterocycles. The molecule has 0 unspecified atom stereocenters. The molecule has 3 rings (SSSR count). The molecule has 0 fully saturated rings. The largest absolute Gasteiger partial charge is 0.325 e. The van der Waals surface area contributed by atoms with Gasteiger partial charge >= 0.3 is 0 Å². The molecule has 1 aromatic carbocycles. The van der Waals surface area contributed by atoms with Gasteiger partial charge in [0, 0.05) is 35.3 Å². The van der Waals surface area contributed by atoms with E-state index >= 15 is 0 Å². The highest BCUT2D eigenvalue weighted by atomic mass is 32.1. The molecule has 4 nitrogen and oxygen atoms in total. The van der Waals surface area contributed by atoms with Crippen molar-refractivity contribution in [3.8, 4) is 0 Å². The number of benzene rings is 1. The summed E-state index contributed by atoms with van der Waals surface area (Å²) in [4.78, 5) is 20.8. The van der Waals surface area contributed by atoms with Crippen molar-refractivity contribution in [3.05, 3.63) is 58.3 Å². The van der Waals surface area contributed by atoms with Crippen LogP contribution in [0.1, 0.15) is 21.1 Å². The molecule has 2 N–H and O–H groups in total. The van der Waals surface area contributed by atoms with Crippen LogP contribution < -0.4 is 5.73 Å². The Morgan fingerprint density at radius 1 is 1.32 bits per heavy atom. The Balaban J connectivity index is 2.11. The minimum absolute atomic E-state index is 0.0884. The number of carbonyl (C=O) groups excluding carboxylic acids is 1. The number of fused-ring (bicyclic) bond motifs is 1. The molecule has 2 heterocycles. The van der Waals surface area contributed by atoms with Crippen LogP contribution in [0.2, 0.25) is 0 Å². The molecule has 0 aliphatic heterocycles. The maximum Gasteiger partial charge on any atom is 0.212 e. The lowest BCUT2D eigenvalue weighted by Crippen LogP contribution is -2.04. The molecule has 0 aliphatic carbocycles. The van der Waals surface area contributed by atoms with Crippen molar-refractivity contribution >= 4 is 27.9 Å². The number of thiazole rings is 1. The maximum atomic E-state index is 12.5. The van der Waals surface area contributed by atoms with Gasteiger partial charge in [-0.3, -0.25) is 9.78 Å². The highest BCUT2D eigenvalue weighted by Crippen LogP contribution is 2.21. The van der Waals surface area contributed by atoms with Gasteiger partial charge in [0.15, 0.2) is 0 Å². The Kier molecular flexibility index (Phi) is 3.06. The predicted octanol–water partition coefficient (Wildman–Crippen LogP) is 2.38. The van der Waals surface area contributed by atoms with Crippen LogP contribution in [-0.2, 0) is 6.54 Å². The molecule has 5 heteroatoms. The summed E-state index contributed by atoms with van der Waals surface area (Å²) in [6.07, 6.45) is 3.42. The molecule has 0 bridgehead atoms. The van der Waals surface area contributed by atoms with Crippen LogP contribution in [-0.4, -0.2) is 15.8 Å². The molecular formula is C14H11N3OS. The summed E-state index contributed by atoms with van der Waals surface area (Å²) in [6, 6.07) is 7.51. The van der Waals surface area contributed by atoms with Crippen molar-refractivity contribution in [2.24, 2.45) is 5.73 Å². The van der Waals surface area contributed by atoms with E-state index in [1.165, 1.54) is 11.3 Å². The molecule has 2 aromatic heterocycles. The number of carbonyl (C=O) groups is 1. The maximum absolute atomic E-state index is 12.5. The number of rotatable bonds is 3. The lowest BCUT2D eigenvalue weighted by Gasteiger charge is -2.03. The number of ketones is 1. The lowest BCUT2D eigenvalue weighted by molar-refractivity contribution is 0.103. The van der Waals surface area contributed by atoms with Gasteiger partial charge in [0.05, 0.1) is 0 Å². The number of aromatic nitrogens is 2. The summed E-state index contributed by atoms with van der Waals surface area (Å²) in [5, 5.41) is 4.36. The number of nitrogens with zero attached hydrogens (tertiary/aromatic N) is 2. The SMILES string of the molecule is NCc1nc(C(=O)c2cccc3ccncc23)cs1. The Labute approximate surface area is 113 Å². The van der Waals surface area contributed by atoms with Crippen LogP contribution in [0.5, 0.6) is 0 Å². The first-order chi connectivity index (χ1) is 9.29. The van der Waals surface area contributed by atoms with Crippen molar-refractivity contribution in [2.75, 3.05) is 0 Å². The predicted molar refractivity (Wildman–Crippen MR) is 75.2 cm³/mol. The third-order valence-electron chi connectivity index (χ3n) is 2.89. The van der Waals surface area contributed by atoms with Crippen LogP contribution in [0.25, 0.3) is 10.8 Å². The normalized spacial score (nSPS) is 10.8. The van der Waals surface area contributed by atoms with Crippen LogP contribution in [0, 0.1) is 0 Å². The Morgan fingerprint density at radius 2 is 2.21 bits per heavy atom. The van der Waals surface area contributed by atoms with E-state index in [0.717, 1.165) is 15.8 Å². The first-order valence-corrected chi connectivity index (χ1v) is 6.69. The summed E-state index contributed by atoms with van der Waals surface area (Å²) in [5.41, 5.74) is 6.59. The summed E-state index contributed by atoms with van der Waals surface area (Å²) >= 11 is 1.41. The molecule has 0 saturated carbocycles. The third-order valence-corrected chi connectivity index (χ3v) is 3.76. The minimum Gasteiger partial charge on any atom is -0.325 e. The van der Waals surface area contributed by atoms with Gasteiger partial charge in [0.2, 0.25) is 5.78 Å². The fraction of sp³-hybridized carbons (Fsp3) is 0.0714. The molecule has 0 spiro atoms. The van der Waals surface area contributed by atoms with Crippen LogP contribution in [0.3, 0.4) is 0 Å². The van der Waals surface area contributed by atoms with E-state index in [9.17, 15) is 4.79 Å². The van der Waals surface area contributed by atoms with Gasteiger partial charge < -0.3 is 5.73 Å². The quantitative estimate of drug-likeness (QED) is 0.741. The second kappa shape index (κ2) is 4.87.